The highest BCUT2D eigenvalue weighted by molar-refractivity contribution is 5.72. The van der Waals surface area contributed by atoms with Gasteiger partial charge >= 0.3 is 0 Å². The lowest BCUT2D eigenvalue weighted by Gasteiger charge is -2.41. The number of pyridine rings is 1. The second-order valence-electron chi connectivity index (χ2n) is 8.58. The number of aliphatic hydroxyl groups excluding tert-OH is 1. The third kappa shape index (κ3) is 4.36. The normalized spacial score (nSPS) is 17.9. The molecule has 1 aliphatic rings. The van der Waals surface area contributed by atoms with Crippen LogP contribution in [0.5, 0.6) is 0 Å². The molecule has 3 aromatic rings. The summed E-state index contributed by atoms with van der Waals surface area (Å²) in [6.45, 7) is 8.61. The van der Waals surface area contributed by atoms with Crippen molar-refractivity contribution < 1.29 is 9.50 Å². The largest absolute Gasteiger partial charge is 0.372 e. The van der Waals surface area contributed by atoms with Gasteiger partial charge < -0.3 is 20.6 Å². The number of aliphatic hydroxyl groups is 1. The van der Waals surface area contributed by atoms with Gasteiger partial charge in [-0.1, -0.05) is 13.8 Å². The molecule has 2 unspecified atom stereocenters. The molecule has 0 saturated heterocycles. The standard InChI is InChI=1S/C22H29FN8O/c1-12(2)19-21(32)28-18-14(4)27-22(29-20(18)30(19)5)25-8-16-9-26-31(11-16)10-15-6-17(23)13(3)24-7-15/h6-7,9,11-12,19,21,28,32H,8,10H2,1-5H3,(H,25,27,29). The minimum Gasteiger partial charge on any atom is -0.372 e. The lowest BCUT2D eigenvalue weighted by molar-refractivity contribution is 0.142. The van der Waals surface area contributed by atoms with Crippen LogP contribution in [0.4, 0.5) is 21.8 Å². The van der Waals surface area contributed by atoms with E-state index in [1.807, 2.05) is 25.1 Å². The van der Waals surface area contributed by atoms with Crippen LogP contribution in [0.1, 0.15) is 36.4 Å². The number of aryl methyl sites for hydroxylation is 2. The number of nitrogens with zero attached hydrogens (tertiary/aromatic N) is 6. The molecule has 10 heteroatoms. The van der Waals surface area contributed by atoms with E-state index in [2.05, 4.69) is 44.5 Å². The van der Waals surface area contributed by atoms with Crippen molar-refractivity contribution >= 4 is 17.5 Å². The fourth-order valence-corrected chi connectivity index (χ4v) is 4.04. The fraction of sp³-hybridized carbons (Fsp3) is 0.455. The van der Waals surface area contributed by atoms with Crippen molar-refractivity contribution in [3.8, 4) is 0 Å². The van der Waals surface area contributed by atoms with Gasteiger partial charge in [-0.2, -0.15) is 10.1 Å². The van der Waals surface area contributed by atoms with Gasteiger partial charge in [0, 0.05) is 31.5 Å². The van der Waals surface area contributed by atoms with Gasteiger partial charge in [-0.05, 0) is 31.4 Å². The number of anilines is 3. The van der Waals surface area contributed by atoms with Crippen LogP contribution in [0.2, 0.25) is 0 Å². The lowest BCUT2D eigenvalue weighted by atomic mass is 9.98. The van der Waals surface area contributed by atoms with E-state index in [-0.39, 0.29) is 17.8 Å². The Morgan fingerprint density at radius 3 is 2.69 bits per heavy atom. The molecule has 4 heterocycles. The molecule has 0 saturated carbocycles. The third-order valence-electron chi connectivity index (χ3n) is 5.71. The van der Waals surface area contributed by atoms with Gasteiger partial charge in [-0.15, -0.1) is 0 Å². The summed E-state index contributed by atoms with van der Waals surface area (Å²) in [5.41, 5.74) is 3.59. The zero-order valence-electron chi connectivity index (χ0n) is 19.0. The van der Waals surface area contributed by atoms with Crippen LogP contribution in [0, 0.1) is 25.6 Å². The van der Waals surface area contributed by atoms with E-state index in [4.69, 9.17) is 0 Å². The molecule has 3 N–H and O–H groups in total. The second-order valence-corrected chi connectivity index (χ2v) is 8.58. The molecule has 0 aromatic carbocycles. The molecule has 32 heavy (non-hydrogen) atoms. The predicted molar refractivity (Wildman–Crippen MR) is 121 cm³/mol. The number of hydrogen-bond donors (Lipinski definition) is 3. The first-order valence-corrected chi connectivity index (χ1v) is 10.6. The maximum Gasteiger partial charge on any atom is 0.225 e. The van der Waals surface area contributed by atoms with E-state index in [1.165, 1.54) is 6.07 Å². The number of fused-ring (bicyclic) bond motifs is 1. The van der Waals surface area contributed by atoms with Gasteiger partial charge in [0.05, 0.1) is 30.2 Å². The first-order valence-electron chi connectivity index (χ1n) is 10.6. The summed E-state index contributed by atoms with van der Waals surface area (Å²) >= 11 is 0. The van der Waals surface area contributed by atoms with E-state index in [1.54, 1.807) is 24.0 Å². The Bertz CT molecular complexity index is 1120. The SMILES string of the molecule is Cc1ncc(Cn2cc(CNc3nc(C)c4c(n3)N(C)C(C(C)C)C(O)N4)cn2)cc1F. The lowest BCUT2D eigenvalue weighted by Crippen LogP contribution is -2.52. The van der Waals surface area contributed by atoms with Crippen molar-refractivity contribution in [1.29, 1.82) is 0 Å². The van der Waals surface area contributed by atoms with Crippen LogP contribution >= 0.6 is 0 Å². The molecule has 3 aromatic heterocycles. The Morgan fingerprint density at radius 2 is 1.97 bits per heavy atom. The molecule has 9 nitrogen and oxygen atoms in total. The summed E-state index contributed by atoms with van der Waals surface area (Å²) in [7, 11) is 1.94. The molecule has 0 bridgehead atoms. The van der Waals surface area contributed by atoms with Crippen molar-refractivity contribution in [2.75, 3.05) is 22.6 Å². The van der Waals surface area contributed by atoms with Crippen LogP contribution in [0.15, 0.2) is 24.7 Å². The van der Waals surface area contributed by atoms with Crippen LogP contribution in [-0.2, 0) is 13.1 Å². The van der Waals surface area contributed by atoms with E-state index in [9.17, 15) is 9.50 Å². The van der Waals surface area contributed by atoms with E-state index >= 15 is 0 Å². The van der Waals surface area contributed by atoms with E-state index < -0.39 is 6.23 Å². The van der Waals surface area contributed by atoms with Crippen LogP contribution in [0.25, 0.3) is 0 Å². The second kappa shape index (κ2) is 8.70. The zero-order valence-corrected chi connectivity index (χ0v) is 19.0. The Hall–Kier alpha value is -3.27. The monoisotopic (exact) mass is 440 g/mol. The molecule has 4 rings (SSSR count). The molecular weight excluding hydrogens is 411 g/mol. The van der Waals surface area contributed by atoms with Crippen molar-refractivity contribution in [3.05, 3.63) is 53.0 Å². The highest BCUT2D eigenvalue weighted by atomic mass is 19.1. The summed E-state index contributed by atoms with van der Waals surface area (Å²) in [6.07, 6.45) is 4.63. The Labute approximate surface area is 186 Å². The Kier molecular flexibility index (Phi) is 5.96. The van der Waals surface area contributed by atoms with Crippen LogP contribution in [-0.4, -0.2) is 49.2 Å². The summed E-state index contributed by atoms with van der Waals surface area (Å²) in [5, 5.41) is 21.2. The molecule has 0 spiro atoms. The summed E-state index contributed by atoms with van der Waals surface area (Å²) in [5.74, 6) is 1.19. The first kappa shape index (κ1) is 21.9. The number of nitrogens with one attached hydrogen (secondary N) is 2. The number of hydrogen-bond acceptors (Lipinski definition) is 8. The molecule has 0 fully saturated rings. The average molecular weight is 441 g/mol. The smallest absolute Gasteiger partial charge is 0.225 e. The number of rotatable bonds is 6. The molecular formula is C22H29FN8O. The van der Waals surface area contributed by atoms with E-state index in [0.717, 1.165) is 28.3 Å². The minimum atomic E-state index is -0.684. The molecule has 170 valence electrons. The van der Waals surface area contributed by atoms with Gasteiger partial charge in [0.25, 0.3) is 0 Å². The molecule has 0 aliphatic carbocycles. The summed E-state index contributed by atoms with van der Waals surface area (Å²) in [4.78, 5) is 15.3. The van der Waals surface area contributed by atoms with Gasteiger partial charge in [0.2, 0.25) is 5.95 Å². The van der Waals surface area contributed by atoms with Gasteiger partial charge in [0.1, 0.15) is 17.7 Å². The van der Waals surface area contributed by atoms with Crippen molar-refractivity contribution in [1.82, 2.24) is 24.7 Å². The average Bonchev–Trinajstić information content (AvgIpc) is 3.17. The van der Waals surface area contributed by atoms with Gasteiger partial charge in [-0.25, -0.2) is 9.37 Å². The van der Waals surface area contributed by atoms with Gasteiger partial charge in [0.15, 0.2) is 5.82 Å². The Balaban J connectivity index is 1.46. The maximum absolute atomic E-state index is 13.7. The van der Waals surface area contributed by atoms with Crippen molar-refractivity contribution in [3.63, 3.8) is 0 Å². The van der Waals surface area contributed by atoms with Gasteiger partial charge in [-0.3, -0.25) is 9.67 Å². The van der Waals surface area contributed by atoms with Crippen molar-refractivity contribution in [2.24, 2.45) is 5.92 Å². The topological polar surface area (TPSA) is 104 Å². The number of aromatic nitrogens is 5. The summed E-state index contributed by atoms with van der Waals surface area (Å²) in [6, 6.07) is 1.39. The Morgan fingerprint density at radius 1 is 1.19 bits per heavy atom. The molecule has 1 aliphatic heterocycles. The highest BCUT2D eigenvalue weighted by Crippen LogP contribution is 2.35. The fourth-order valence-electron chi connectivity index (χ4n) is 4.04. The molecule has 2 atom stereocenters. The zero-order chi connectivity index (χ0) is 23.0. The van der Waals surface area contributed by atoms with E-state index in [0.29, 0.717) is 24.7 Å². The highest BCUT2D eigenvalue weighted by Gasteiger charge is 2.35. The first-order chi connectivity index (χ1) is 15.2. The third-order valence-corrected chi connectivity index (χ3v) is 5.71. The predicted octanol–water partition coefficient (Wildman–Crippen LogP) is 2.69. The number of halogens is 1. The quantitative estimate of drug-likeness (QED) is 0.538. The summed E-state index contributed by atoms with van der Waals surface area (Å²) < 4.78 is 15.5. The van der Waals surface area contributed by atoms with Crippen molar-refractivity contribution in [2.45, 2.75) is 53.1 Å². The van der Waals surface area contributed by atoms with Crippen LogP contribution in [0.3, 0.4) is 0 Å². The number of likely N-dealkylation sites (N-methyl/N-ethyl adjacent to an activating group) is 1. The van der Waals surface area contributed by atoms with Crippen LogP contribution < -0.4 is 15.5 Å². The molecule has 0 amide bonds. The minimum absolute atomic E-state index is 0.0935. The maximum atomic E-state index is 13.7. The molecule has 0 radical (unpaired) electrons.